The molecule has 2 aromatic heterocycles. The third kappa shape index (κ3) is 4.94. The predicted octanol–water partition coefficient (Wildman–Crippen LogP) is 4.30. The Kier molecular flexibility index (Phi) is 6.03. The molecule has 1 amide bonds. The number of likely N-dealkylation sites (tertiary alicyclic amines) is 1. The lowest BCUT2D eigenvalue weighted by molar-refractivity contribution is -0.138. The molecule has 2 aromatic carbocycles. The summed E-state index contributed by atoms with van der Waals surface area (Å²) in [5.41, 5.74) is 2.29. The van der Waals surface area contributed by atoms with E-state index in [0.717, 1.165) is 17.7 Å². The summed E-state index contributed by atoms with van der Waals surface area (Å²) in [7, 11) is -4.40. The molecule has 1 aliphatic rings. The average Bonchev–Trinajstić information content (AvgIpc) is 3.19. The van der Waals surface area contributed by atoms with Gasteiger partial charge in [-0.1, -0.05) is 29.8 Å². The van der Waals surface area contributed by atoms with Crippen molar-refractivity contribution in [2.75, 3.05) is 13.1 Å². The second kappa shape index (κ2) is 8.96. The molecule has 0 radical (unpaired) electrons. The second-order valence-electron chi connectivity index (χ2n) is 9.02. The second-order valence-corrected chi connectivity index (χ2v) is 10.4. The zero-order valence-corrected chi connectivity index (χ0v) is 20.3. The number of nitrogens with zero attached hydrogens (tertiary/aromatic N) is 4. The Morgan fingerprint density at radius 2 is 1.84 bits per heavy atom. The van der Waals surface area contributed by atoms with Crippen LogP contribution >= 0.6 is 0 Å². The van der Waals surface area contributed by atoms with Gasteiger partial charge in [0, 0.05) is 30.8 Å². The molecule has 0 spiro atoms. The first-order valence-electron chi connectivity index (χ1n) is 11.2. The van der Waals surface area contributed by atoms with Crippen molar-refractivity contribution in [3.05, 3.63) is 77.6 Å². The van der Waals surface area contributed by atoms with Gasteiger partial charge in [0.15, 0.2) is 0 Å². The third-order valence-electron chi connectivity index (χ3n) is 6.42. The van der Waals surface area contributed by atoms with Gasteiger partial charge in [-0.3, -0.25) is 19.0 Å². The van der Waals surface area contributed by atoms with E-state index in [4.69, 9.17) is 0 Å². The van der Waals surface area contributed by atoms with E-state index in [-0.39, 0.29) is 36.4 Å². The molecule has 1 fully saturated rings. The largest absolute Gasteiger partial charge is 0.416 e. The van der Waals surface area contributed by atoms with E-state index in [1.54, 1.807) is 29.2 Å². The quantitative estimate of drug-likeness (QED) is 0.386. The minimum atomic E-state index is -4.47. The summed E-state index contributed by atoms with van der Waals surface area (Å²) in [4.78, 5) is 18.6. The first-order chi connectivity index (χ1) is 17.4. The van der Waals surface area contributed by atoms with Gasteiger partial charge in [0.2, 0.25) is 5.91 Å². The van der Waals surface area contributed by atoms with Crippen molar-refractivity contribution in [2.24, 2.45) is 0 Å². The summed E-state index contributed by atoms with van der Waals surface area (Å²) < 4.78 is 73.9. The summed E-state index contributed by atoms with van der Waals surface area (Å²) >= 11 is 0. The fraction of sp³-hybridized carbons (Fsp3) is 0.240. The molecule has 0 bridgehead atoms. The molecule has 0 aliphatic carbocycles. The molecule has 4 aromatic rings. The Bertz CT molecular complexity index is 1630. The van der Waals surface area contributed by atoms with E-state index in [2.05, 4.69) is 10.1 Å². The summed E-state index contributed by atoms with van der Waals surface area (Å²) in [5, 5.41) is 4.22. The molecule has 8 nitrogen and oxygen atoms in total. The average molecular weight is 531 g/mol. The van der Waals surface area contributed by atoms with Crippen molar-refractivity contribution in [3.8, 4) is 11.1 Å². The van der Waals surface area contributed by atoms with Crippen LogP contribution < -0.4 is 0 Å². The summed E-state index contributed by atoms with van der Waals surface area (Å²) in [6.07, 6.45) is -1.54. The van der Waals surface area contributed by atoms with E-state index in [1.807, 2.05) is 6.92 Å². The van der Waals surface area contributed by atoms with Crippen molar-refractivity contribution in [2.45, 2.75) is 30.5 Å². The Morgan fingerprint density at radius 1 is 1.08 bits per heavy atom. The van der Waals surface area contributed by atoms with Gasteiger partial charge in [-0.25, -0.2) is 0 Å². The van der Waals surface area contributed by atoms with E-state index >= 15 is 0 Å². The lowest BCUT2D eigenvalue weighted by Crippen LogP contribution is -2.50. The molecule has 192 valence electrons. The number of carbonyl (C=O) groups excluding carboxylic acids is 1. The summed E-state index contributed by atoms with van der Waals surface area (Å²) in [6.45, 7) is 2.24. The normalized spacial score (nSPS) is 14.7. The van der Waals surface area contributed by atoms with Crippen molar-refractivity contribution < 1.29 is 30.9 Å². The van der Waals surface area contributed by atoms with Crippen LogP contribution in [0.4, 0.5) is 13.2 Å². The van der Waals surface area contributed by atoms with Gasteiger partial charge in [-0.05, 0) is 42.3 Å². The van der Waals surface area contributed by atoms with Crippen LogP contribution in [0.2, 0.25) is 0 Å². The number of benzene rings is 2. The maximum absolute atomic E-state index is 13.1. The Balaban J connectivity index is 1.34. The zero-order valence-electron chi connectivity index (χ0n) is 19.5. The van der Waals surface area contributed by atoms with Gasteiger partial charge in [0.25, 0.3) is 10.1 Å². The predicted molar refractivity (Wildman–Crippen MR) is 128 cm³/mol. The van der Waals surface area contributed by atoms with Crippen molar-refractivity contribution in [1.82, 2.24) is 19.7 Å². The van der Waals surface area contributed by atoms with Gasteiger partial charge in [0.05, 0.1) is 22.2 Å². The first-order valence-corrected chi connectivity index (χ1v) is 12.7. The van der Waals surface area contributed by atoms with Crippen molar-refractivity contribution in [3.63, 3.8) is 0 Å². The number of rotatable bonds is 5. The molecular formula is C25H21F3N4O4S. The van der Waals surface area contributed by atoms with Gasteiger partial charge in [-0.15, -0.1) is 0 Å². The third-order valence-corrected chi connectivity index (χ3v) is 7.35. The molecular weight excluding hydrogens is 509 g/mol. The summed E-state index contributed by atoms with van der Waals surface area (Å²) in [5.74, 6) is -0.504. The van der Waals surface area contributed by atoms with Crippen LogP contribution in [0.1, 0.15) is 22.6 Å². The number of pyridine rings is 1. The number of alkyl halides is 3. The first kappa shape index (κ1) is 24.9. The fourth-order valence-corrected chi connectivity index (χ4v) is 5.21. The number of hydrogen-bond donors (Lipinski definition) is 1. The molecule has 0 saturated carbocycles. The van der Waals surface area contributed by atoms with Gasteiger partial charge < -0.3 is 4.90 Å². The molecule has 3 heterocycles. The van der Waals surface area contributed by atoms with Crippen molar-refractivity contribution in [1.29, 1.82) is 0 Å². The monoisotopic (exact) mass is 530 g/mol. The topological polar surface area (TPSA) is 105 Å². The molecule has 1 aliphatic heterocycles. The van der Waals surface area contributed by atoms with Crippen LogP contribution in [0.25, 0.3) is 22.2 Å². The van der Waals surface area contributed by atoms with E-state index < -0.39 is 21.9 Å². The number of amides is 1. The number of carbonyl (C=O) groups is 1. The highest BCUT2D eigenvalue weighted by Gasteiger charge is 2.35. The number of fused-ring (bicyclic) bond motifs is 1. The molecule has 0 atom stereocenters. The van der Waals surface area contributed by atoms with E-state index in [0.29, 0.717) is 27.7 Å². The minimum Gasteiger partial charge on any atom is -0.340 e. The highest BCUT2D eigenvalue weighted by atomic mass is 32.2. The molecule has 1 saturated heterocycles. The van der Waals surface area contributed by atoms with Gasteiger partial charge >= 0.3 is 6.18 Å². The fourth-order valence-electron chi connectivity index (χ4n) is 4.44. The smallest absolute Gasteiger partial charge is 0.340 e. The van der Waals surface area contributed by atoms with E-state index in [9.17, 15) is 30.9 Å². The lowest BCUT2D eigenvalue weighted by Gasteiger charge is -2.40. The van der Waals surface area contributed by atoms with Gasteiger partial charge in [-0.2, -0.15) is 26.7 Å². The SMILES string of the molecule is Cc1ccc(S(=O)(=O)O)c(C2CN(C(=O)Cn3ncc4ncc(-c5cccc(C(F)(F)F)c5)cc43)C2)c1. The van der Waals surface area contributed by atoms with Crippen molar-refractivity contribution >= 4 is 27.1 Å². The highest BCUT2D eigenvalue weighted by molar-refractivity contribution is 7.85. The van der Waals surface area contributed by atoms with Crippen LogP contribution in [-0.2, 0) is 27.6 Å². The summed E-state index contributed by atoms with van der Waals surface area (Å²) in [6, 6.07) is 11.2. The molecule has 37 heavy (non-hydrogen) atoms. The molecule has 12 heteroatoms. The Hall–Kier alpha value is -3.77. The standard InChI is InChI=1S/C25H21F3N4O4S/c1-15-5-6-23(37(34,35)36)20(7-15)18-12-31(13-18)24(33)14-32-22-9-17(10-29-21(22)11-30-32)16-3-2-4-19(8-16)25(26,27)28/h2-11,18H,12-14H2,1H3,(H,34,35,36). The Labute approximate surface area is 210 Å². The highest BCUT2D eigenvalue weighted by Crippen LogP contribution is 2.34. The number of aromatic nitrogens is 3. The Morgan fingerprint density at radius 3 is 2.54 bits per heavy atom. The number of aryl methyl sites for hydroxylation is 1. The molecule has 1 N–H and O–H groups in total. The lowest BCUT2D eigenvalue weighted by atomic mass is 9.90. The van der Waals surface area contributed by atoms with Crippen LogP contribution in [0.3, 0.4) is 0 Å². The van der Waals surface area contributed by atoms with Crippen LogP contribution in [0, 0.1) is 6.92 Å². The van der Waals surface area contributed by atoms with E-state index in [1.165, 1.54) is 29.2 Å². The zero-order chi connectivity index (χ0) is 26.5. The van der Waals surface area contributed by atoms with Crippen LogP contribution in [-0.4, -0.2) is 51.6 Å². The number of halogens is 3. The van der Waals surface area contributed by atoms with Gasteiger partial charge in [0.1, 0.15) is 12.1 Å². The maximum atomic E-state index is 13.1. The molecule has 5 rings (SSSR count). The van der Waals surface area contributed by atoms with Crippen LogP contribution in [0.15, 0.2) is 65.8 Å². The number of hydrogen-bond acceptors (Lipinski definition) is 5. The maximum Gasteiger partial charge on any atom is 0.416 e. The van der Waals surface area contributed by atoms with Crippen LogP contribution in [0.5, 0.6) is 0 Å². The molecule has 0 unspecified atom stereocenters. The minimum absolute atomic E-state index is 0.122.